The molecule has 1 aliphatic heterocycles. The average Bonchev–Trinajstić information content (AvgIpc) is 3.49. The number of hydrogen-bond donors (Lipinski definition) is 0. The van der Waals surface area contributed by atoms with E-state index >= 15 is 0 Å². The number of rotatable bonds is 6. The fourth-order valence-electron chi connectivity index (χ4n) is 4.92. The number of fused-ring (bicyclic) bond motifs is 2. The molecule has 1 atom stereocenters. The lowest BCUT2D eigenvalue weighted by molar-refractivity contribution is -0.151. The summed E-state index contributed by atoms with van der Waals surface area (Å²) in [6, 6.07) is 5.98. The third-order valence-electron chi connectivity index (χ3n) is 6.65. The first-order valence-corrected chi connectivity index (χ1v) is 12.7. The van der Waals surface area contributed by atoms with Crippen LogP contribution < -0.4 is 0 Å². The van der Waals surface area contributed by atoms with E-state index in [1.54, 1.807) is 23.0 Å². The minimum absolute atomic E-state index is 0.00687. The molecule has 5 rings (SSSR count). The number of piperidine rings is 1. The lowest BCUT2D eigenvalue weighted by Gasteiger charge is -2.43. The van der Waals surface area contributed by atoms with Gasteiger partial charge in [-0.15, -0.1) is 5.10 Å². The van der Waals surface area contributed by atoms with E-state index in [2.05, 4.69) is 15.4 Å². The van der Waals surface area contributed by atoms with Gasteiger partial charge >= 0.3 is 5.97 Å². The summed E-state index contributed by atoms with van der Waals surface area (Å²) in [7, 11) is -2.64. The van der Waals surface area contributed by atoms with Crippen LogP contribution >= 0.6 is 0 Å². The molecule has 12 heteroatoms. The van der Waals surface area contributed by atoms with Crippen molar-refractivity contribution in [2.24, 2.45) is 5.41 Å². The topological polar surface area (TPSA) is 112 Å². The Hall–Kier alpha value is -3.38. The molecule has 2 aliphatic rings. The number of halogens is 1. The van der Waals surface area contributed by atoms with Crippen LogP contribution in [0.2, 0.25) is 0 Å². The Labute approximate surface area is 202 Å². The Morgan fingerprint density at radius 3 is 2.71 bits per heavy atom. The molecule has 2 aromatic heterocycles. The number of esters is 1. The minimum atomic E-state index is -3.94. The second-order valence-corrected chi connectivity index (χ2v) is 10.6. The Morgan fingerprint density at radius 2 is 2.00 bits per heavy atom. The maximum atomic E-state index is 13.5. The molecule has 35 heavy (non-hydrogen) atoms. The monoisotopic (exact) mass is 500 g/mol. The van der Waals surface area contributed by atoms with Crippen LogP contribution in [0.15, 0.2) is 47.3 Å². The molecule has 0 amide bonds. The molecule has 0 N–H and O–H groups in total. The molecule has 0 radical (unpaired) electrons. The van der Waals surface area contributed by atoms with Gasteiger partial charge in [-0.3, -0.25) is 4.79 Å². The SMILES string of the molecule is CCCn1nncc1S(=O)(=O)N1CCC2=Cc3c(cnn3-c3ccc(F)cc3)CC2(C(=O)OC)C1. The molecule has 3 heterocycles. The van der Waals surface area contributed by atoms with Crippen molar-refractivity contribution in [3.8, 4) is 5.69 Å². The Kier molecular flexibility index (Phi) is 5.80. The molecule has 1 unspecified atom stereocenters. The van der Waals surface area contributed by atoms with Crippen molar-refractivity contribution in [1.82, 2.24) is 29.1 Å². The summed E-state index contributed by atoms with van der Waals surface area (Å²) in [6.07, 6.45) is 6.07. The van der Waals surface area contributed by atoms with E-state index in [4.69, 9.17) is 4.74 Å². The summed E-state index contributed by atoms with van der Waals surface area (Å²) >= 11 is 0. The van der Waals surface area contributed by atoms with Gasteiger partial charge < -0.3 is 4.74 Å². The standard InChI is InChI=1S/C23H25FN6O4S/c1-3-9-29-21(14-25-27-29)35(32,33)28-10-8-17-11-20-16(12-23(17,15-28)22(31)34-2)13-26-30(20)19-6-4-18(24)5-7-19/h4-7,11,13-14H,3,8-10,12,15H2,1-2H3. The fraction of sp³-hybridized carbons (Fsp3) is 0.391. The molecular weight excluding hydrogens is 475 g/mol. The predicted octanol–water partition coefficient (Wildman–Crippen LogP) is 2.21. The number of aromatic nitrogens is 5. The van der Waals surface area contributed by atoms with E-state index < -0.39 is 21.4 Å². The normalized spacial score (nSPS) is 20.1. The van der Waals surface area contributed by atoms with Gasteiger partial charge in [0.2, 0.25) is 0 Å². The van der Waals surface area contributed by atoms with E-state index in [0.717, 1.165) is 16.8 Å². The molecule has 1 aliphatic carbocycles. The van der Waals surface area contributed by atoms with Crippen LogP contribution in [0.4, 0.5) is 4.39 Å². The highest BCUT2D eigenvalue weighted by atomic mass is 32.2. The second-order valence-electron chi connectivity index (χ2n) is 8.75. The Balaban J connectivity index is 1.54. The highest BCUT2D eigenvalue weighted by molar-refractivity contribution is 7.89. The molecule has 1 saturated heterocycles. The summed E-state index contributed by atoms with van der Waals surface area (Å²) in [4.78, 5) is 13.2. The zero-order valence-corrected chi connectivity index (χ0v) is 20.2. The van der Waals surface area contributed by atoms with Crippen molar-refractivity contribution < 1.29 is 22.3 Å². The summed E-state index contributed by atoms with van der Waals surface area (Å²) < 4.78 is 50.1. The van der Waals surface area contributed by atoms with Crippen LogP contribution in [0.1, 0.15) is 31.0 Å². The molecule has 0 spiro atoms. The van der Waals surface area contributed by atoms with Crippen molar-refractivity contribution in [2.45, 2.75) is 37.8 Å². The Morgan fingerprint density at radius 1 is 1.23 bits per heavy atom. The predicted molar refractivity (Wildman–Crippen MR) is 123 cm³/mol. The Bertz CT molecular complexity index is 1410. The summed E-state index contributed by atoms with van der Waals surface area (Å²) in [6.45, 7) is 2.48. The van der Waals surface area contributed by atoms with E-state index in [1.165, 1.54) is 34.4 Å². The number of methoxy groups -OCH3 is 1. The van der Waals surface area contributed by atoms with Crippen LogP contribution in [0, 0.1) is 11.2 Å². The minimum Gasteiger partial charge on any atom is -0.468 e. The lowest BCUT2D eigenvalue weighted by Crippen LogP contribution is -2.53. The number of carbonyl (C=O) groups is 1. The van der Waals surface area contributed by atoms with Gasteiger partial charge in [0.25, 0.3) is 10.0 Å². The van der Waals surface area contributed by atoms with Gasteiger partial charge in [-0.05, 0) is 60.7 Å². The van der Waals surface area contributed by atoms with Crippen molar-refractivity contribution in [3.05, 3.63) is 59.3 Å². The van der Waals surface area contributed by atoms with Crippen molar-refractivity contribution in [2.75, 3.05) is 20.2 Å². The number of aryl methyl sites for hydroxylation is 1. The molecule has 3 aromatic rings. The van der Waals surface area contributed by atoms with E-state index in [9.17, 15) is 17.6 Å². The number of hydrogen-bond acceptors (Lipinski definition) is 7. The summed E-state index contributed by atoms with van der Waals surface area (Å²) in [5.41, 5.74) is 1.86. The lowest BCUT2D eigenvalue weighted by atomic mass is 9.69. The second kappa shape index (κ2) is 8.68. The van der Waals surface area contributed by atoms with Gasteiger partial charge in [0.15, 0.2) is 5.03 Å². The molecule has 10 nitrogen and oxygen atoms in total. The third-order valence-corrected chi connectivity index (χ3v) is 8.49. The highest BCUT2D eigenvalue weighted by Crippen LogP contribution is 2.46. The smallest absolute Gasteiger partial charge is 0.317 e. The van der Waals surface area contributed by atoms with Crippen LogP contribution in [-0.2, 0) is 32.5 Å². The molecule has 0 saturated carbocycles. The van der Waals surface area contributed by atoms with Crippen LogP contribution in [0.5, 0.6) is 0 Å². The largest absolute Gasteiger partial charge is 0.468 e. The van der Waals surface area contributed by atoms with Gasteiger partial charge in [0.1, 0.15) is 11.2 Å². The first-order valence-electron chi connectivity index (χ1n) is 11.3. The van der Waals surface area contributed by atoms with E-state index in [-0.39, 0.29) is 30.4 Å². The summed E-state index contributed by atoms with van der Waals surface area (Å²) in [5.74, 6) is -0.842. The highest BCUT2D eigenvalue weighted by Gasteiger charge is 2.52. The first-order chi connectivity index (χ1) is 16.8. The molecule has 1 aromatic carbocycles. The van der Waals surface area contributed by atoms with E-state index in [0.29, 0.717) is 25.1 Å². The maximum Gasteiger partial charge on any atom is 0.317 e. The van der Waals surface area contributed by atoms with Crippen molar-refractivity contribution >= 4 is 22.1 Å². The summed E-state index contributed by atoms with van der Waals surface area (Å²) in [5, 5.41) is 12.2. The van der Waals surface area contributed by atoms with Crippen LogP contribution in [-0.4, -0.2) is 63.7 Å². The number of benzene rings is 1. The molecular formula is C23H25FN6O4S. The maximum absolute atomic E-state index is 13.5. The van der Waals surface area contributed by atoms with Gasteiger partial charge in [0.05, 0.1) is 30.9 Å². The number of nitrogens with zero attached hydrogens (tertiary/aromatic N) is 6. The van der Waals surface area contributed by atoms with Crippen LogP contribution in [0.3, 0.4) is 0 Å². The van der Waals surface area contributed by atoms with Gasteiger partial charge in [-0.1, -0.05) is 12.1 Å². The van der Waals surface area contributed by atoms with Crippen molar-refractivity contribution in [3.63, 3.8) is 0 Å². The van der Waals surface area contributed by atoms with Crippen LogP contribution in [0.25, 0.3) is 11.8 Å². The van der Waals surface area contributed by atoms with E-state index in [1.807, 2.05) is 13.0 Å². The van der Waals surface area contributed by atoms with Crippen molar-refractivity contribution in [1.29, 1.82) is 0 Å². The van der Waals surface area contributed by atoms with Gasteiger partial charge in [-0.25, -0.2) is 22.2 Å². The quantitative estimate of drug-likeness (QED) is 0.477. The molecule has 0 bridgehead atoms. The first kappa shape index (κ1) is 23.4. The number of carbonyl (C=O) groups excluding carboxylic acids is 1. The van der Waals surface area contributed by atoms with Gasteiger partial charge in [-0.2, -0.15) is 9.40 Å². The third kappa shape index (κ3) is 3.76. The number of ether oxygens (including phenoxy) is 1. The van der Waals surface area contributed by atoms with Gasteiger partial charge in [0, 0.05) is 19.6 Å². The number of sulfonamides is 1. The zero-order chi connectivity index (χ0) is 24.8. The fourth-order valence-corrected chi connectivity index (χ4v) is 6.48. The average molecular weight is 501 g/mol. The zero-order valence-electron chi connectivity index (χ0n) is 19.4. The molecule has 1 fully saturated rings. The molecule has 184 valence electrons.